The van der Waals surface area contributed by atoms with Gasteiger partial charge in [0.2, 0.25) is 0 Å². The van der Waals surface area contributed by atoms with Crippen molar-refractivity contribution in [1.29, 1.82) is 0 Å². The van der Waals surface area contributed by atoms with Crippen LogP contribution < -0.4 is 14.3 Å². The molecule has 10 heteroatoms. The van der Waals surface area contributed by atoms with Gasteiger partial charge >= 0.3 is 5.91 Å². The minimum absolute atomic E-state index is 0.0157. The van der Waals surface area contributed by atoms with Crippen LogP contribution in [0.15, 0.2) is 88.3 Å². The van der Waals surface area contributed by atoms with Gasteiger partial charge in [-0.1, -0.05) is 18.2 Å². The van der Waals surface area contributed by atoms with Crippen LogP contribution >= 0.6 is 0 Å². The average Bonchev–Trinajstić information content (AvgIpc) is 3.25. The molecule has 2 aromatic heterocycles. The Morgan fingerprint density at radius 1 is 1.00 bits per heavy atom. The van der Waals surface area contributed by atoms with Crippen LogP contribution in [0, 0.1) is 6.92 Å². The number of nitrogens with one attached hydrogen (secondary N) is 1. The maximum atomic E-state index is 12.5. The number of sulfonamides is 1. The van der Waals surface area contributed by atoms with Crippen molar-refractivity contribution < 1.29 is 32.1 Å². The molecule has 0 aliphatic rings. The fourth-order valence-electron chi connectivity index (χ4n) is 3.19. The third-order valence-corrected chi connectivity index (χ3v) is 6.33. The standard InChI is InChI=1S/C25H22N2O7S/c1-17-19(14-24(33-17)25(28)27-35(29,30)22-6-4-3-5-7-22)16-32-20-10-8-18(9-11-20)23-13-12-21(15-26-23)34-31-2/h3-15H,16H2,1-2H3,(H,27,28). The highest BCUT2D eigenvalue weighted by Crippen LogP contribution is 2.24. The van der Waals surface area contributed by atoms with Gasteiger partial charge in [-0.25, -0.2) is 13.1 Å². The summed E-state index contributed by atoms with van der Waals surface area (Å²) in [5.74, 6) is 0.570. The van der Waals surface area contributed by atoms with Gasteiger partial charge in [-0.3, -0.25) is 9.78 Å². The lowest BCUT2D eigenvalue weighted by atomic mass is 10.1. The van der Waals surface area contributed by atoms with Crippen molar-refractivity contribution in [1.82, 2.24) is 9.71 Å². The number of aryl methyl sites for hydroxylation is 1. The number of hydrogen-bond donors (Lipinski definition) is 1. The van der Waals surface area contributed by atoms with Crippen molar-refractivity contribution in [2.75, 3.05) is 7.11 Å². The maximum Gasteiger partial charge on any atom is 0.300 e. The van der Waals surface area contributed by atoms with Crippen LogP contribution in [0.1, 0.15) is 21.9 Å². The van der Waals surface area contributed by atoms with Crippen molar-refractivity contribution in [3.05, 3.63) is 96.1 Å². The molecule has 0 spiro atoms. The second-order valence-corrected chi connectivity index (χ2v) is 9.06. The smallest absolute Gasteiger partial charge is 0.300 e. The first kappa shape index (κ1) is 24.0. The summed E-state index contributed by atoms with van der Waals surface area (Å²) in [6, 6.07) is 20.0. The van der Waals surface area contributed by atoms with Gasteiger partial charge in [-0.2, -0.15) is 4.89 Å². The highest BCUT2D eigenvalue weighted by Gasteiger charge is 2.22. The zero-order chi connectivity index (χ0) is 24.8. The van der Waals surface area contributed by atoms with E-state index in [1.165, 1.54) is 25.3 Å². The van der Waals surface area contributed by atoms with Crippen molar-refractivity contribution in [2.45, 2.75) is 18.4 Å². The number of ether oxygens (including phenoxy) is 1. The van der Waals surface area contributed by atoms with Gasteiger partial charge in [0.05, 0.1) is 23.9 Å². The van der Waals surface area contributed by atoms with E-state index in [0.29, 0.717) is 22.8 Å². The molecular formula is C25H22N2O7S. The number of furan rings is 1. The number of carbonyl (C=O) groups is 1. The fraction of sp³-hybridized carbons (Fsp3) is 0.120. The molecule has 0 saturated carbocycles. The van der Waals surface area contributed by atoms with E-state index in [4.69, 9.17) is 14.0 Å². The topological polar surface area (TPSA) is 117 Å². The Bertz CT molecular complexity index is 1400. The molecule has 35 heavy (non-hydrogen) atoms. The van der Waals surface area contributed by atoms with Crippen LogP contribution in [0.5, 0.6) is 11.5 Å². The van der Waals surface area contributed by atoms with Gasteiger partial charge in [0.1, 0.15) is 18.1 Å². The van der Waals surface area contributed by atoms with Crippen molar-refractivity contribution in [3.63, 3.8) is 0 Å². The number of aromatic nitrogens is 1. The summed E-state index contributed by atoms with van der Waals surface area (Å²) in [7, 11) is -2.59. The van der Waals surface area contributed by atoms with Crippen LogP contribution in [0.4, 0.5) is 0 Å². The van der Waals surface area contributed by atoms with Gasteiger partial charge in [0.25, 0.3) is 10.0 Å². The van der Waals surface area contributed by atoms with Gasteiger partial charge in [0, 0.05) is 11.1 Å². The molecule has 0 aliphatic heterocycles. The molecule has 180 valence electrons. The number of amides is 1. The summed E-state index contributed by atoms with van der Waals surface area (Å²) in [4.78, 5) is 26.3. The van der Waals surface area contributed by atoms with Crippen LogP contribution in [-0.4, -0.2) is 26.4 Å². The summed E-state index contributed by atoms with van der Waals surface area (Å²) < 4.78 is 38.1. The molecule has 2 heterocycles. The first-order chi connectivity index (χ1) is 16.9. The van der Waals surface area contributed by atoms with E-state index in [-0.39, 0.29) is 17.3 Å². The maximum absolute atomic E-state index is 12.5. The molecule has 0 fully saturated rings. The Labute approximate surface area is 202 Å². The summed E-state index contributed by atoms with van der Waals surface area (Å²) in [5.41, 5.74) is 2.26. The first-order valence-corrected chi connectivity index (χ1v) is 12.0. The lowest BCUT2D eigenvalue weighted by molar-refractivity contribution is -0.178. The Morgan fingerprint density at radius 3 is 2.37 bits per heavy atom. The van der Waals surface area contributed by atoms with E-state index in [9.17, 15) is 13.2 Å². The predicted molar refractivity (Wildman–Crippen MR) is 126 cm³/mol. The van der Waals surface area contributed by atoms with Crippen molar-refractivity contribution in [3.8, 4) is 22.8 Å². The molecule has 0 atom stereocenters. The molecule has 0 radical (unpaired) electrons. The molecule has 0 saturated heterocycles. The molecular weight excluding hydrogens is 472 g/mol. The molecule has 9 nitrogen and oxygen atoms in total. The SMILES string of the molecule is COOc1ccc(-c2ccc(OCc3cc(C(=O)NS(=O)(=O)c4ccccc4)oc3C)cc2)nc1. The quantitative estimate of drug-likeness (QED) is 0.271. The summed E-state index contributed by atoms with van der Waals surface area (Å²) in [6.45, 7) is 1.81. The Morgan fingerprint density at radius 2 is 1.71 bits per heavy atom. The molecule has 0 unspecified atom stereocenters. The molecule has 0 bridgehead atoms. The van der Waals surface area contributed by atoms with Crippen molar-refractivity contribution >= 4 is 15.9 Å². The molecule has 1 N–H and O–H groups in total. The fourth-order valence-corrected chi connectivity index (χ4v) is 4.16. The van der Waals surface area contributed by atoms with Gasteiger partial charge in [0.15, 0.2) is 11.5 Å². The Kier molecular flexibility index (Phi) is 7.14. The second kappa shape index (κ2) is 10.4. The number of pyridine rings is 1. The van der Waals surface area contributed by atoms with E-state index in [1.54, 1.807) is 49.5 Å². The zero-order valence-corrected chi connectivity index (χ0v) is 19.7. The highest BCUT2D eigenvalue weighted by molar-refractivity contribution is 7.90. The normalized spacial score (nSPS) is 11.1. The highest BCUT2D eigenvalue weighted by atomic mass is 32.2. The molecule has 1 amide bonds. The molecule has 0 aliphatic carbocycles. The van der Waals surface area contributed by atoms with E-state index in [0.717, 1.165) is 11.3 Å². The average molecular weight is 495 g/mol. The van der Waals surface area contributed by atoms with Gasteiger partial charge < -0.3 is 14.0 Å². The van der Waals surface area contributed by atoms with E-state index in [2.05, 4.69) is 9.87 Å². The minimum Gasteiger partial charge on any atom is -0.489 e. The molecule has 4 aromatic rings. The third-order valence-electron chi connectivity index (χ3n) is 4.99. The van der Waals surface area contributed by atoms with Crippen molar-refractivity contribution in [2.24, 2.45) is 0 Å². The van der Waals surface area contributed by atoms with Crippen LogP contribution in [0.25, 0.3) is 11.3 Å². The van der Waals surface area contributed by atoms with Crippen LogP contribution in [0.2, 0.25) is 0 Å². The summed E-state index contributed by atoms with van der Waals surface area (Å²) in [6.07, 6.45) is 1.56. The number of benzene rings is 2. The minimum atomic E-state index is -4.01. The van der Waals surface area contributed by atoms with Crippen LogP contribution in [-0.2, 0) is 21.5 Å². The van der Waals surface area contributed by atoms with Crippen LogP contribution in [0.3, 0.4) is 0 Å². The monoisotopic (exact) mass is 494 g/mol. The number of rotatable bonds is 9. The largest absolute Gasteiger partial charge is 0.489 e. The van der Waals surface area contributed by atoms with E-state index < -0.39 is 15.9 Å². The lowest BCUT2D eigenvalue weighted by Gasteiger charge is -2.07. The Hall–Kier alpha value is -4.15. The molecule has 4 rings (SSSR count). The van der Waals surface area contributed by atoms with Gasteiger partial charge in [-0.15, -0.1) is 0 Å². The summed E-state index contributed by atoms with van der Waals surface area (Å²) >= 11 is 0. The lowest BCUT2D eigenvalue weighted by Crippen LogP contribution is -2.30. The first-order valence-electron chi connectivity index (χ1n) is 10.5. The molecule has 2 aromatic carbocycles. The Balaban J connectivity index is 1.38. The number of hydrogen-bond acceptors (Lipinski definition) is 8. The van der Waals surface area contributed by atoms with E-state index in [1.807, 2.05) is 22.9 Å². The summed E-state index contributed by atoms with van der Waals surface area (Å²) in [5, 5.41) is 0. The number of carbonyl (C=O) groups excluding carboxylic acids is 1. The van der Waals surface area contributed by atoms with Gasteiger partial charge in [-0.05, 0) is 61.5 Å². The third kappa shape index (κ3) is 5.86. The zero-order valence-electron chi connectivity index (χ0n) is 18.9. The predicted octanol–water partition coefficient (Wildman–Crippen LogP) is 4.29. The van der Waals surface area contributed by atoms with E-state index >= 15 is 0 Å². The second-order valence-electron chi connectivity index (χ2n) is 7.38. The number of nitrogens with zero attached hydrogens (tertiary/aromatic N) is 1.